The molecule has 0 bridgehead atoms. The number of hydrogen-bond acceptors (Lipinski definition) is 5. The number of imide groups is 1. The molecule has 1 aromatic heterocycles. The van der Waals surface area contributed by atoms with Gasteiger partial charge in [-0.3, -0.25) is 9.56 Å². The van der Waals surface area contributed by atoms with Gasteiger partial charge >= 0.3 is 12.1 Å². The molecule has 0 aliphatic carbocycles. The Morgan fingerprint density at radius 3 is 2.88 bits per heavy atom. The van der Waals surface area contributed by atoms with Crippen LogP contribution in [0.3, 0.4) is 0 Å². The molecule has 7 nitrogen and oxygen atoms in total. The summed E-state index contributed by atoms with van der Waals surface area (Å²) in [6, 6.07) is 3.90. The maximum absolute atomic E-state index is 11.8. The summed E-state index contributed by atoms with van der Waals surface area (Å²) >= 11 is 0.852. The summed E-state index contributed by atoms with van der Waals surface area (Å²) in [6.45, 7) is 0. The zero-order chi connectivity index (χ0) is 11.5. The van der Waals surface area contributed by atoms with Gasteiger partial charge in [0.15, 0.2) is 0 Å². The number of carbonyl (C=O) groups excluding carboxylic acids is 2. The predicted molar refractivity (Wildman–Crippen MR) is 57.1 cm³/mol. The lowest BCUT2D eigenvalue weighted by molar-refractivity contribution is -0.0424. The van der Waals surface area contributed by atoms with Gasteiger partial charge in [-0.2, -0.15) is 4.31 Å². The Morgan fingerprint density at radius 2 is 2.25 bits per heavy atom. The number of nitrogens with zero attached hydrogens (tertiary/aromatic N) is 3. The number of aromatic nitrogens is 1. The molecule has 0 atom stereocenters. The highest BCUT2D eigenvalue weighted by Crippen LogP contribution is 2.23. The first-order chi connectivity index (χ1) is 7.74. The van der Waals surface area contributed by atoms with Crippen LogP contribution in [0, 0.1) is 0 Å². The van der Waals surface area contributed by atoms with E-state index in [2.05, 4.69) is 14.5 Å². The van der Waals surface area contributed by atoms with Gasteiger partial charge in [0.1, 0.15) is 5.82 Å². The molecule has 4 amide bonds. The van der Waals surface area contributed by atoms with Crippen LogP contribution in [0.15, 0.2) is 24.4 Å². The smallest absolute Gasteiger partial charge is 0.264 e. The van der Waals surface area contributed by atoms with E-state index in [-0.39, 0.29) is 0 Å². The van der Waals surface area contributed by atoms with E-state index in [1.54, 1.807) is 24.4 Å². The number of anilines is 1. The zero-order valence-electron chi connectivity index (χ0n) is 8.28. The Labute approximate surface area is 95.6 Å². The average molecular weight is 240 g/mol. The SMILES string of the molecule is CON1C(=O)NSN(c2ccccn2)C1=O. The van der Waals surface area contributed by atoms with Gasteiger partial charge in [-0.25, -0.2) is 14.6 Å². The molecule has 1 aromatic rings. The molecular weight excluding hydrogens is 232 g/mol. The molecule has 1 fully saturated rings. The van der Waals surface area contributed by atoms with E-state index in [9.17, 15) is 9.59 Å². The first-order valence-electron chi connectivity index (χ1n) is 4.30. The highest BCUT2D eigenvalue weighted by atomic mass is 32.2. The van der Waals surface area contributed by atoms with Crippen LogP contribution >= 0.6 is 12.1 Å². The van der Waals surface area contributed by atoms with Crippen molar-refractivity contribution >= 4 is 30.0 Å². The molecule has 1 aliphatic rings. The van der Waals surface area contributed by atoms with Gasteiger partial charge in [0.05, 0.1) is 19.2 Å². The number of pyridine rings is 1. The molecule has 1 saturated heterocycles. The van der Waals surface area contributed by atoms with Crippen molar-refractivity contribution in [2.75, 3.05) is 11.4 Å². The van der Waals surface area contributed by atoms with E-state index in [1.807, 2.05) is 0 Å². The summed E-state index contributed by atoms with van der Waals surface area (Å²) in [5.74, 6) is 0.416. The molecule has 0 aromatic carbocycles. The number of hydrogen-bond donors (Lipinski definition) is 1. The summed E-state index contributed by atoms with van der Waals surface area (Å²) in [6.07, 6.45) is 1.55. The second-order valence-corrected chi connectivity index (χ2v) is 3.49. The molecule has 0 unspecified atom stereocenters. The Morgan fingerprint density at radius 1 is 1.44 bits per heavy atom. The van der Waals surface area contributed by atoms with E-state index >= 15 is 0 Å². The average Bonchev–Trinajstić information content (AvgIpc) is 2.31. The molecule has 1 aliphatic heterocycles. The largest absolute Gasteiger partial charge is 0.370 e. The quantitative estimate of drug-likeness (QED) is 0.785. The van der Waals surface area contributed by atoms with E-state index in [0.717, 1.165) is 12.1 Å². The van der Waals surface area contributed by atoms with Gasteiger partial charge < -0.3 is 0 Å². The lowest BCUT2D eigenvalue weighted by Crippen LogP contribution is -2.52. The number of carbonyl (C=O) groups is 2. The third-order valence-electron chi connectivity index (χ3n) is 1.80. The highest BCUT2D eigenvalue weighted by molar-refractivity contribution is 8.00. The second-order valence-electron chi connectivity index (χ2n) is 2.74. The normalized spacial score (nSPS) is 16.3. The van der Waals surface area contributed by atoms with Crippen LogP contribution in [-0.4, -0.2) is 29.2 Å². The van der Waals surface area contributed by atoms with Crippen molar-refractivity contribution < 1.29 is 14.4 Å². The van der Waals surface area contributed by atoms with Crippen LogP contribution < -0.4 is 9.03 Å². The van der Waals surface area contributed by atoms with Crippen molar-refractivity contribution in [3.63, 3.8) is 0 Å². The van der Waals surface area contributed by atoms with Gasteiger partial charge in [-0.1, -0.05) is 6.07 Å². The van der Waals surface area contributed by atoms with Crippen molar-refractivity contribution in [3.05, 3.63) is 24.4 Å². The van der Waals surface area contributed by atoms with Crippen LogP contribution in [0.5, 0.6) is 0 Å². The topological polar surface area (TPSA) is 74.8 Å². The third kappa shape index (κ3) is 1.79. The fourth-order valence-corrected chi connectivity index (χ4v) is 1.72. The lowest BCUT2D eigenvalue weighted by atomic mass is 10.5. The Kier molecular flexibility index (Phi) is 2.93. The zero-order valence-corrected chi connectivity index (χ0v) is 9.10. The van der Waals surface area contributed by atoms with Crippen molar-refractivity contribution in [1.82, 2.24) is 14.8 Å². The first-order valence-corrected chi connectivity index (χ1v) is 5.07. The molecule has 2 heterocycles. The molecule has 2 rings (SSSR count). The van der Waals surface area contributed by atoms with Crippen molar-refractivity contribution in [1.29, 1.82) is 0 Å². The van der Waals surface area contributed by atoms with E-state index in [4.69, 9.17) is 0 Å². The Bertz CT molecular complexity index is 413. The molecule has 84 valence electrons. The van der Waals surface area contributed by atoms with Gasteiger partial charge in [-0.15, -0.1) is 5.06 Å². The number of urea groups is 2. The fraction of sp³-hybridized carbons (Fsp3) is 0.125. The number of amides is 4. The lowest BCUT2D eigenvalue weighted by Gasteiger charge is -2.29. The fourth-order valence-electron chi connectivity index (χ4n) is 1.11. The van der Waals surface area contributed by atoms with Crippen molar-refractivity contribution in [2.24, 2.45) is 0 Å². The monoisotopic (exact) mass is 240 g/mol. The third-order valence-corrected chi connectivity index (χ3v) is 2.59. The second kappa shape index (κ2) is 4.37. The summed E-state index contributed by atoms with van der Waals surface area (Å²) in [4.78, 5) is 31.6. The van der Waals surface area contributed by atoms with E-state index < -0.39 is 12.1 Å². The Hall–Kier alpha value is -1.80. The van der Waals surface area contributed by atoms with Crippen molar-refractivity contribution in [3.8, 4) is 0 Å². The van der Waals surface area contributed by atoms with Crippen LogP contribution in [0.1, 0.15) is 0 Å². The maximum atomic E-state index is 11.8. The molecule has 1 N–H and O–H groups in total. The molecule has 0 saturated carbocycles. The van der Waals surface area contributed by atoms with Crippen LogP contribution in [0.4, 0.5) is 15.4 Å². The minimum Gasteiger partial charge on any atom is -0.264 e. The van der Waals surface area contributed by atoms with Crippen molar-refractivity contribution in [2.45, 2.75) is 0 Å². The molecule has 0 radical (unpaired) electrons. The van der Waals surface area contributed by atoms with Gasteiger partial charge in [0, 0.05) is 6.20 Å². The molecule has 0 spiro atoms. The molecule has 8 heteroatoms. The minimum absolute atomic E-state index is 0.416. The van der Waals surface area contributed by atoms with Crippen LogP contribution in [0.2, 0.25) is 0 Å². The summed E-state index contributed by atoms with van der Waals surface area (Å²) in [5.41, 5.74) is 0. The number of rotatable bonds is 2. The van der Waals surface area contributed by atoms with Gasteiger partial charge in [0.25, 0.3) is 0 Å². The summed E-state index contributed by atoms with van der Waals surface area (Å²) in [5, 5.41) is 0.616. The Balaban J connectivity index is 2.24. The minimum atomic E-state index is -0.621. The van der Waals surface area contributed by atoms with Crippen LogP contribution in [-0.2, 0) is 4.84 Å². The summed E-state index contributed by atoms with van der Waals surface area (Å²) in [7, 11) is 1.24. The standard InChI is InChI=1S/C8H8N4O3S/c1-15-11-7(13)10-16-12(8(11)14)6-4-2-3-5-9-6/h2-5H,1H3,(H,10,13). The number of nitrogens with one attached hydrogen (secondary N) is 1. The maximum Gasteiger partial charge on any atom is 0.370 e. The predicted octanol–water partition coefficient (Wildman–Crippen LogP) is 1.16. The molecule has 16 heavy (non-hydrogen) atoms. The van der Waals surface area contributed by atoms with Gasteiger partial charge in [-0.05, 0) is 12.1 Å². The van der Waals surface area contributed by atoms with Gasteiger partial charge in [0.2, 0.25) is 0 Å². The molecular formula is C8H8N4O3S. The van der Waals surface area contributed by atoms with Crippen LogP contribution in [0.25, 0.3) is 0 Å². The van der Waals surface area contributed by atoms with E-state index in [0.29, 0.717) is 10.9 Å². The van der Waals surface area contributed by atoms with E-state index in [1.165, 1.54) is 11.4 Å². The first kappa shape index (κ1) is 10.7. The highest BCUT2D eigenvalue weighted by Gasteiger charge is 2.35. The number of hydroxylamine groups is 2. The summed E-state index contributed by atoms with van der Waals surface area (Å²) < 4.78 is 3.62.